The summed E-state index contributed by atoms with van der Waals surface area (Å²) in [5.74, 6) is 2.61. The Morgan fingerprint density at radius 3 is 2.42 bits per heavy atom. The highest BCUT2D eigenvalue weighted by Gasteiger charge is 2.30. The fourth-order valence-electron chi connectivity index (χ4n) is 3.65. The molecule has 19 heavy (non-hydrogen) atoms. The van der Waals surface area contributed by atoms with Crippen molar-refractivity contribution < 1.29 is 0 Å². The summed E-state index contributed by atoms with van der Waals surface area (Å²) in [5.41, 5.74) is 0. The third kappa shape index (κ3) is 5.83. The monoisotopic (exact) mass is 268 g/mol. The summed E-state index contributed by atoms with van der Waals surface area (Å²) in [7, 11) is 0. The van der Waals surface area contributed by atoms with Gasteiger partial charge in [-0.3, -0.25) is 0 Å². The van der Waals surface area contributed by atoms with E-state index in [-0.39, 0.29) is 0 Å². The van der Waals surface area contributed by atoms with Crippen molar-refractivity contribution >= 4 is 0 Å². The third-order valence-corrected chi connectivity index (χ3v) is 4.70. The van der Waals surface area contributed by atoms with E-state index in [1.54, 1.807) is 0 Å². The van der Waals surface area contributed by atoms with Gasteiger partial charge in [-0.1, -0.05) is 41.0 Å². The molecular weight excluding hydrogens is 232 g/mol. The zero-order valence-electron chi connectivity index (χ0n) is 13.9. The van der Waals surface area contributed by atoms with Gasteiger partial charge in [-0.15, -0.1) is 0 Å². The van der Waals surface area contributed by atoms with Gasteiger partial charge in [0.05, 0.1) is 0 Å². The minimum Gasteiger partial charge on any atom is -0.314 e. The predicted octanol–water partition coefficient (Wildman–Crippen LogP) is 3.77. The normalized spacial score (nSPS) is 28.3. The molecule has 0 aliphatic heterocycles. The smallest absolute Gasteiger partial charge is 0.0108 e. The second kappa shape index (κ2) is 8.97. The van der Waals surface area contributed by atoms with E-state index >= 15 is 0 Å². The summed E-state index contributed by atoms with van der Waals surface area (Å²) < 4.78 is 0. The van der Waals surface area contributed by atoms with Gasteiger partial charge in [0.2, 0.25) is 0 Å². The first-order valence-electron chi connectivity index (χ1n) is 8.56. The molecule has 2 nitrogen and oxygen atoms in total. The topological polar surface area (TPSA) is 15.3 Å². The average molecular weight is 268 g/mol. The van der Waals surface area contributed by atoms with Crippen molar-refractivity contribution in [3.63, 3.8) is 0 Å². The Kier molecular flexibility index (Phi) is 8.01. The Labute approximate surface area is 121 Å². The van der Waals surface area contributed by atoms with Gasteiger partial charge in [0.15, 0.2) is 0 Å². The van der Waals surface area contributed by atoms with Gasteiger partial charge in [0.1, 0.15) is 0 Å². The lowest BCUT2D eigenvalue weighted by Crippen LogP contribution is -2.46. The second-order valence-electron chi connectivity index (χ2n) is 6.76. The highest BCUT2D eigenvalue weighted by molar-refractivity contribution is 4.86. The molecule has 1 aliphatic rings. The molecule has 3 atom stereocenters. The number of rotatable bonds is 8. The first-order chi connectivity index (χ1) is 9.10. The van der Waals surface area contributed by atoms with E-state index in [1.807, 2.05) is 0 Å². The van der Waals surface area contributed by atoms with E-state index in [0.29, 0.717) is 0 Å². The minimum atomic E-state index is 0.758. The third-order valence-electron chi connectivity index (χ3n) is 4.70. The predicted molar refractivity (Wildman–Crippen MR) is 85.5 cm³/mol. The van der Waals surface area contributed by atoms with E-state index in [9.17, 15) is 0 Å². The van der Waals surface area contributed by atoms with Gasteiger partial charge >= 0.3 is 0 Å². The lowest BCUT2D eigenvalue weighted by atomic mass is 9.76. The molecular formula is C17H36N2. The maximum absolute atomic E-state index is 3.74. The standard InChI is InChI=1S/C17H36N2/c1-6-15-9-10-17(18-7-2)16(11-15)13-19(8-3)12-14(4)5/h14-18H,6-13H2,1-5H3. The zero-order chi connectivity index (χ0) is 14.3. The fraction of sp³-hybridized carbons (Fsp3) is 1.00. The highest BCUT2D eigenvalue weighted by atomic mass is 15.1. The van der Waals surface area contributed by atoms with Crippen LogP contribution in [0.15, 0.2) is 0 Å². The molecule has 0 spiro atoms. The van der Waals surface area contributed by atoms with Gasteiger partial charge in [0, 0.05) is 19.1 Å². The van der Waals surface area contributed by atoms with Crippen LogP contribution in [-0.2, 0) is 0 Å². The molecule has 0 aromatic carbocycles. The van der Waals surface area contributed by atoms with Crippen molar-refractivity contribution in [2.24, 2.45) is 17.8 Å². The molecule has 3 unspecified atom stereocenters. The van der Waals surface area contributed by atoms with Crippen molar-refractivity contribution in [3.8, 4) is 0 Å². The quantitative estimate of drug-likeness (QED) is 0.721. The van der Waals surface area contributed by atoms with Gasteiger partial charge in [-0.05, 0) is 50.1 Å². The van der Waals surface area contributed by atoms with Crippen molar-refractivity contribution in [2.45, 2.75) is 66.3 Å². The molecule has 1 rings (SSSR count). The van der Waals surface area contributed by atoms with Crippen LogP contribution in [0.4, 0.5) is 0 Å². The molecule has 0 heterocycles. The highest BCUT2D eigenvalue weighted by Crippen LogP contribution is 2.32. The van der Waals surface area contributed by atoms with Gasteiger partial charge in [-0.25, -0.2) is 0 Å². The molecule has 1 fully saturated rings. The lowest BCUT2D eigenvalue weighted by Gasteiger charge is -2.39. The maximum atomic E-state index is 3.74. The molecule has 0 radical (unpaired) electrons. The molecule has 0 amide bonds. The Morgan fingerprint density at radius 2 is 1.89 bits per heavy atom. The molecule has 2 heteroatoms. The Hall–Kier alpha value is -0.0800. The Balaban J connectivity index is 2.56. The largest absolute Gasteiger partial charge is 0.314 e. The van der Waals surface area contributed by atoms with Crippen LogP contribution in [0.2, 0.25) is 0 Å². The molecule has 0 saturated heterocycles. The van der Waals surface area contributed by atoms with E-state index in [0.717, 1.165) is 30.3 Å². The van der Waals surface area contributed by atoms with E-state index in [4.69, 9.17) is 0 Å². The fourth-order valence-corrected chi connectivity index (χ4v) is 3.65. The van der Waals surface area contributed by atoms with Crippen molar-refractivity contribution in [1.29, 1.82) is 0 Å². The number of hydrogen-bond donors (Lipinski definition) is 1. The summed E-state index contributed by atoms with van der Waals surface area (Å²) in [6, 6.07) is 0.758. The molecule has 0 aromatic rings. The molecule has 1 saturated carbocycles. The van der Waals surface area contributed by atoms with Crippen LogP contribution in [-0.4, -0.2) is 37.1 Å². The van der Waals surface area contributed by atoms with Crippen LogP contribution < -0.4 is 5.32 Å². The molecule has 1 aliphatic carbocycles. The minimum absolute atomic E-state index is 0.758. The number of nitrogens with one attached hydrogen (secondary N) is 1. The number of nitrogens with zero attached hydrogens (tertiary/aromatic N) is 1. The van der Waals surface area contributed by atoms with Gasteiger partial charge in [-0.2, -0.15) is 0 Å². The second-order valence-corrected chi connectivity index (χ2v) is 6.76. The van der Waals surface area contributed by atoms with Crippen LogP contribution in [0, 0.1) is 17.8 Å². The first kappa shape index (κ1) is 17.0. The zero-order valence-corrected chi connectivity index (χ0v) is 13.9. The molecule has 1 N–H and O–H groups in total. The van der Waals surface area contributed by atoms with Crippen LogP contribution in [0.5, 0.6) is 0 Å². The Morgan fingerprint density at radius 1 is 1.16 bits per heavy atom. The Bertz CT molecular complexity index is 227. The first-order valence-corrected chi connectivity index (χ1v) is 8.56. The number of hydrogen-bond acceptors (Lipinski definition) is 2. The summed E-state index contributed by atoms with van der Waals surface area (Å²) in [4.78, 5) is 2.66. The van der Waals surface area contributed by atoms with Crippen LogP contribution in [0.1, 0.15) is 60.3 Å². The summed E-state index contributed by atoms with van der Waals surface area (Å²) in [6.45, 7) is 16.4. The summed E-state index contributed by atoms with van der Waals surface area (Å²) in [5, 5.41) is 3.74. The van der Waals surface area contributed by atoms with E-state index in [1.165, 1.54) is 45.3 Å². The SMILES string of the molecule is CCNC1CCC(CC)CC1CN(CC)CC(C)C. The average Bonchev–Trinajstić information content (AvgIpc) is 2.39. The van der Waals surface area contributed by atoms with E-state index < -0.39 is 0 Å². The summed E-state index contributed by atoms with van der Waals surface area (Å²) in [6.07, 6.45) is 5.62. The van der Waals surface area contributed by atoms with Crippen molar-refractivity contribution in [3.05, 3.63) is 0 Å². The van der Waals surface area contributed by atoms with Gasteiger partial charge < -0.3 is 10.2 Å². The molecule has 0 bridgehead atoms. The van der Waals surface area contributed by atoms with Crippen LogP contribution in [0.3, 0.4) is 0 Å². The van der Waals surface area contributed by atoms with Crippen LogP contribution in [0.25, 0.3) is 0 Å². The van der Waals surface area contributed by atoms with Gasteiger partial charge in [0.25, 0.3) is 0 Å². The summed E-state index contributed by atoms with van der Waals surface area (Å²) >= 11 is 0. The lowest BCUT2D eigenvalue weighted by molar-refractivity contribution is 0.134. The van der Waals surface area contributed by atoms with Crippen molar-refractivity contribution in [1.82, 2.24) is 10.2 Å². The van der Waals surface area contributed by atoms with E-state index in [2.05, 4.69) is 44.8 Å². The molecule has 114 valence electrons. The van der Waals surface area contributed by atoms with Crippen LogP contribution >= 0.6 is 0 Å². The van der Waals surface area contributed by atoms with Crippen molar-refractivity contribution in [2.75, 3.05) is 26.2 Å². The maximum Gasteiger partial charge on any atom is 0.0108 e. The molecule has 0 aromatic heterocycles.